The number of halogens is 3. The van der Waals surface area contributed by atoms with Gasteiger partial charge in [0.15, 0.2) is 0 Å². The summed E-state index contributed by atoms with van der Waals surface area (Å²) in [4.78, 5) is 11.5. The van der Waals surface area contributed by atoms with Crippen molar-refractivity contribution < 1.29 is 13.6 Å². The van der Waals surface area contributed by atoms with E-state index in [1.54, 1.807) is 6.92 Å². The van der Waals surface area contributed by atoms with Gasteiger partial charge in [-0.3, -0.25) is 4.79 Å². The van der Waals surface area contributed by atoms with Crippen molar-refractivity contribution in [3.63, 3.8) is 0 Å². The number of carbonyl (C=O) groups excluding carboxylic acids is 1. The number of carbonyl (C=O) groups is 1. The van der Waals surface area contributed by atoms with Crippen LogP contribution in [0.25, 0.3) is 0 Å². The standard InChI is InChI=1S/C11H12ClF2NO/c1-7(5-6-12)15-11(16)10-8(13)3-2-4-9(10)14/h2-4,7H,5-6H2,1H3,(H,15,16). The van der Waals surface area contributed by atoms with E-state index in [0.717, 1.165) is 12.1 Å². The first-order chi connectivity index (χ1) is 7.56. The van der Waals surface area contributed by atoms with Gasteiger partial charge in [0.2, 0.25) is 0 Å². The third-order valence-corrected chi connectivity index (χ3v) is 2.33. The molecular weight excluding hydrogens is 236 g/mol. The van der Waals surface area contributed by atoms with Gasteiger partial charge in [0.25, 0.3) is 5.91 Å². The number of nitrogens with one attached hydrogen (secondary N) is 1. The summed E-state index contributed by atoms with van der Waals surface area (Å²) in [5.74, 6) is -2.11. The van der Waals surface area contributed by atoms with Crippen LogP contribution in [-0.2, 0) is 0 Å². The largest absolute Gasteiger partial charge is 0.349 e. The maximum atomic E-state index is 13.2. The molecule has 1 N–H and O–H groups in total. The van der Waals surface area contributed by atoms with E-state index in [-0.39, 0.29) is 6.04 Å². The molecule has 0 fully saturated rings. The van der Waals surface area contributed by atoms with Gasteiger partial charge in [-0.25, -0.2) is 8.78 Å². The molecule has 16 heavy (non-hydrogen) atoms. The van der Waals surface area contributed by atoms with Crippen LogP contribution in [0.15, 0.2) is 18.2 Å². The predicted molar refractivity (Wildman–Crippen MR) is 58.6 cm³/mol. The van der Waals surface area contributed by atoms with Gasteiger partial charge in [-0.2, -0.15) is 0 Å². The number of alkyl halides is 1. The summed E-state index contributed by atoms with van der Waals surface area (Å²) < 4.78 is 26.4. The molecule has 0 aliphatic heterocycles. The highest BCUT2D eigenvalue weighted by molar-refractivity contribution is 6.17. The van der Waals surface area contributed by atoms with Gasteiger partial charge >= 0.3 is 0 Å². The zero-order chi connectivity index (χ0) is 12.1. The van der Waals surface area contributed by atoms with Crippen LogP contribution in [0.1, 0.15) is 23.7 Å². The highest BCUT2D eigenvalue weighted by Gasteiger charge is 2.18. The number of benzene rings is 1. The quantitative estimate of drug-likeness (QED) is 0.815. The molecule has 0 heterocycles. The molecule has 0 saturated heterocycles. The van der Waals surface area contributed by atoms with Gasteiger partial charge in [0.1, 0.15) is 17.2 Å². The first-order valence-electron chi connectivity index (χ1n) is 4.87. The van der Waals surface area contributed by atoms with Gasteiger partial charge in [-0.15, -0.1) is 11.6 Å². The van der Waals surface area contributed by atoms with E-state index in [1.807, 2.05) is 0 Å². The second-order valence-electron chi connectivity index (χ2n) is 3.45. The Balaban J connectivity index is 2.80. The third-order valence-electron chi connectivity index (χ3n) is 2.11. The van der Waals surface area contributed by atoms with Gasteiger partial charge in [-0.1, -0.05) is 6.07 Å². The predicted octanol–water partition coefficient (Wildman–Crippen LogP) is 2.71. The molecule has 1 unspecified atom stereocenters. The number of hydrogen-bond donors (Lipinski definition) is 1. The molecule has 0 aliphatic carbocycles. The van der Waals surface area contributed by atoms with Crippen molar-refractivity contribution in [1.29, 1.82) is 0 Å². The molecule has 1 aromatic carbocycles. The summed E-state index contributed by atoms with van der Waals surface area (Å²) in [5, 5.41) is 2.48. The van der Waals surface area contributed by atoms with Crippen molar-refractivity contribution in [3.8, 4) is 0 Å². The minimum atomic E-state index is -0.865. The molecule has 0 aliphatic rings. The molecule has 88 valence electrons. The molecule has 0 radical (unpaired) electrons. The van der Waals surface area contributed by atoms with Crippen LogP contribution in [-0.4, -0.2) is 17.8 Å². The summed E-state index contributed by atoms with van der Waals surface area (Å²) in [6, 6.07) is 3.09. The summed E-state index contributed by atoms with van der Waals surface area (Å²) in [6.45, 7) is 1.72. The highest BCUT2D eigenvalue weighted by Crippen LogP contribution is 2.12. The average molecular weight is 248 g/mol. The topological polar surface area (TPSA) is 29.1 Å². The highest BCUT2D eigenvalue weighted by atomic mass is 35.5. The second-order valence-corrected chi connectivity index (χ2v) is 3.83. The first-order valence-corrected chi connectivity index (χ1v) is 5.40. The van der Waals surface area contributed by atoms with Crippen LogP contribution in [0, 0.1) is 11.6 Å². The minimum Gasteiger partial charge on any atom is -0.349 e. The van der Waals surface area contributed by atoms with Crippen molar-refractivity contribution >= 4 is 17.5 Å². The minimum absolute atomic E-state index is 0.219. The molecule has 1 rings (SSSR count). The van der Waals surface area contributed by atoms with Gasteiger partial charge in [0, 0.05) is 11.9 Å². The Morgan fingerprint density at radius 1 is 1.44 bits per heavy atom. The molecule has 1 amide bonds. The molecule has 1 atom stereocenters. The van der Waals surface area contributed by atoms with Crippen LogP contribution in [0.3, 0.4) is 0 Å². The fourth-order valence-electron chi connectivity index (χ4n) is 1.25. The summed E-state index contributed by atoms with van der Waals surface area (Å²) in [5.41, 5.74) is -0.552. The maximum absolute atomic E-state index is 13.2. The molecule has 0 saturated carbocycles. The Morgan fingerprint density at radius 3 is 2.50 bits per heavy atom. The van der Waals surface area contributed by atoms with Crippen molar-refractivity contribution in [1.82, 2.24) is 5.32 Å². The average Bonchev–Trinajstić information content (AvgIpc) is 2.17. The fraction of sp³-hybridized carbons (Fsp3) is 0.364. The van der Waals surface area contributed by atoms with Crippen LogP contribution >= 0.6 is 11.6 Å². The van der Waals surface area contributed by atoms with Crippen molar-refractivity contribution in [2.75, 3.05) is 5.88 Å². The zero-order valence-corrected chi connectivity index (χ0v) is 9.52. The molecule has 0 bridgehead atoms. The molecule has 5 heteroatoms. The Hall–Kier alpha value is -1.16. The lowest BCUT2D eigenvalue weighted by molar-refractivity contribution is 0.0931. The molecule has 2 nitrogen and oxygen atoms in total. The number of rotatable bonds is 4. The zero-order valence-electron chi connectivity index (χ0n) is 8.77. The van der Waals surface area contributed by atoms with E-state index >= 15 is 0 Å². The molecule has 0 aromatic heterocycles. The van der Waals surface area contributed by atoms with Gasteiger partial charge in [-0.05, 0) is 25.5 Å². The number of hydrogen-bond acceptors (Lipinski definition) is 1. The molecule has 1 aromatic rings. The smallest absolute Gasteiger partial charge is 0.257 e. The van der Waals surface area contributed by atoms with Gasteiger partial charge < -0.3 is 5.32 Å². The van der Waals surface area contributed by atoms with E-state index in [9.17, 15) is 13.6 Å². The van der Waals surface area contributed by atoms with Crippen LogP contribution < -0.4 is 5.32 Å². The van der Waals surface area contributed by atoms with E-state index < -0.39 is 23.1 Å². The van der Waals surface area contributed by atoms with Gasteiger partial charge in [0.05, 0.1) is 0 Å². The Kier molecular flexibility index (Phi) is 4.68. The third kappa shape index (κ3) is 3.17. The lowest BCUT2D eigenvalue weighted by Crippen LogP contribution is -2.34. The van der Waals surface area contributed by atoms with E-state index in [4.69, 9.17) is 11.6 Å². The monoisotopic (exact) mass is 247 g/mol. The van der Waals surface area contributed by atoms with E-state index in [0.29, 0.717) is 12.3 Å². The Bertz CT molecular complexity index is 364. The normalized spacial score (nSPS) is 12.2. The maximum Gasteiger partial charge on any atom is 0.257 e. The summed E-state index contributed by atoms with van der Waals surface area (Å²) >= 11 is 5.49. The summed E-state index contributed by atoms with van der Waals surface area (Å²) in [6.07, 6.45) is 0.545. The molecule has 0 spiro atoms. The SMILES string of the molecule is CC(CCCl)NC(=O)c1c(F)cccc1F. The lowest BCUT2D eigenvalue weighted by atomic mass is 10.1. The second kappa shape index (κ2) is 5.80. The van der Waals surface area contributed by atoms with Crippen LogP contribution in [0.5, 0.6) is 0 Å². The van der Waals surface area contributed by atoms with Crippen molar-refractivity contribution in [2.45, 2.75) is 19.4 Å². The Morgan fingerprint density at radius 2 is 2.00 bits per heavy atom. The van der Waals surface area contributed by atoms with Crippen molar-refractivity contribution in [3.05, 3.63) is 35.4 Å². The fourth-order valence-corrected chi connectivity index (χ4v) is 1.57. The first kappa shape index (κ1) is 12.9. The van der Waals surface area contributed by atoms with Crippen molar-refractivity contribution in [2.24, 2.45) is 0 Å². The summed E-state index contributed by atoms with van der Waals surface area (Å²) in [7, 11) is 0. The van der Waals surface area contributed by atoms with Crippen LogP contribution in [0.4, 0.5) is 8.78 Å². The van der Waals surface area contributed by atoms with Crippen LogP contribution in [0.2, 0.25) is 0 Å². The Labute approximate surface area is 97.6 Å². The van der Waals surface area contributed by atoms with E-state index in [1.165, 1.54) is 6.07 Å². The molecular formula is C11H12ClF2NO. The lowest BCUT2D eigenvalue weighted by Gasteiger charge is -2.12. The van der Waals surface area contributed by atoms with E-state index in [2.05, 4.69) is 5.32 Å². The number of amides is 1.